The van der Waals surface area contributed by atoms with Crippen LogP contribution in [0.2, 0.25) is 0 Å². The molecule has 3 aromatic carbocycles. The maximum absolute atomic E-state index is 15.4. The van der Waals surface area contributed by atoms with Crippen molar-refractivity contribution in [2.45, 2.75) is 150 Å². The number of nitrogens with zero attached hydrogens (tertiary/aromatic N) is 3. The van der Waals surface area contributed by atoms with Crippen molar-refractivity contribution < 1.29 is 116 Å². The van der Waals surface area contributed by atoms with Crippen LogP contribution in [0.3, 0.4) is 0 Å². The molecule has 33 nitrogen and oxygen atoms in total. The van der Waals surface area contributed by atoms with E-state index in [9.17, 15) is 88.3 Å². The van der Waals surface area contributed by atoms with Gasteiger partial charge in [-0.15, -0.1) is 0 Å². The second-order valence-corrected chi connectivity index (χ2v) is 23.0. The van der Waals surface area contributed by atoms with Crippen molar-refractivity contribution in [1.82, 2.24) is 30.9 Å². The van der Waals surface area contributed by atoms with E-state index in [0.29, 0.717) is 40.2 Å². The first-order chi connectivity index (χ1) is 42.2. The Morgan fingerprint density at radius 1 is 0.889 bits per heavy atom. The summed E-state index contributed by atoms with van der Waals surface area (Å²) in [6, 6.07) is 4.49. The Morgan fingerprint density at radius 2 is 1.53 bits per heavy atom. The Kier molecular flexibility index (Phi) is 23.3. The van der Waals surface area contributed by atoms with Gasteiger partial charge < -0.3 is 103 Å². The van der Waals surface area contributed by atoms with E-state index in [1.54, 1.807) is 30.3 Å². The Hall–Kier alpha value is -8.26. The molecule has 4 aromatic rings. The van der Waals surface area contributed by atoms with E-state index < -0.39 is 190 Å². The average Bonchev–Trinajstić information content (AvgIpc) is 1.53. The zero-order valence-corrected chi connectivity index (χ0v) is 49.5. The number of hydrogen-bond acceptors (Lipinski definition) is 25. The molecule has 14 atom stereocenters. The van der Waals surface area contributed by atoms with Gasteiger partial charge in [0.2, 0.25) is 29.5 Å². The fourth-order valence-electron chi connectivity index (χ4n) is 10.2. The molecule has 2 aliphatic heterocycles. The molecule has 1 aromatic heterocycles. The van der Waals surface area contributed by atoms with Crippen molar-refractivity contribution in [2.75, 3.05) is 19.7 Å². The van der Waals surface area contributed by atoms with Crippen molar-refractivity contribution in [1.29, 1.82) is 0 Å². The Labute approximate surface area is 513 Å². The predicted molar refractivity (Wildman–Crippen MR) is 308 cm³/mol. The summed E-state index contributed by atoms with van der Waals surface area (Å²) in [5, 5.41) is 119. The maximum atomic E-state index is 15.4. The second kappa shape index (κ2) is 29.6. The zero-order chi connectivity index (χ0) is 66.9. The van der Waals surface area contributed by atoms with E-state index >= 15 is 9.59 Å². The van der Waals surface area contributed by atoms with E-state index in [0.717, 1.165) is 45.2 Å². The molecule has 0 saturated carbocycles. The molecule has 6 unspecified atom stereocenters. The molecule has 3 heterocycles. The first-order valence-electron chi connectivity index (χ1n) is 28.1. The molecule has 2 aliphatic rings. The van der Waals surface area contributed by atoms with Crippen LogP contribution in [0.15, 0.2) is 77.3 Å². The number of amides is 6. The van der Waals surface area contributed by atoms with Gasteiger partial charge in [-0.3, -0.25) is 43.0 Å². The molecule has 2 fully saturated rings. The van der Waals surface area contributed by atoms with Crippen molar-refractivity contribution in [3.63, 3.8) is 0 Å². The lowest BCUT2D eigenvalue weighted by Crippen LogP contribution is -2.70. The summed E-state index contributed by atoms with van der Waals surface area (Å²) >= 11 is 0. The predicted octanol–water partition coefficient (Wildman–Crippen LogP) is -4.06. The van der Waals surface area contributed by atoms with Crippen LogP contribution in [0.25, 0.3) is 22.6 Å². The van der Waals surface area contributed by atoms with Crippen molar-refractivity contribution >= 4 is 57.6 Å². The SMILES string of the molecule is CCCCCOc1ccc(-c2cc(-c3ccc(C(=O)[C@@](CCCN)(NC(=O)[C@@H](NC(=O)[C@@H](N)[C@H](O)C(O)c4ccc(O)c(OS(=O)(=O)O)c4)C(O)CC(N)=O)C(=O)N[C@H](C(=O)N4CC(O)C[C@H]4C(=O)N4C(O)C(C)(O)C(O)[C@H]4C(=O)O)[C@@H](C)O)cc3)no2)cc1. The molecule has 0 spiro atoms. The molecule has 0 bridgehead atoms. The van der Waals surface area contributed by atoms with Crippen LogP contribution < -0.4 is 42.1 Å². The number of ketones is 1. The Bertz CT molecular complexity index is 3370. The minimum atomic E-state index is -5.27. The number of aliphatic carboxylic acids is 1. The van der Waals surface area contributed by atoms with E-state index in [1.165, 1.54) is 24.3 Å². The van der Waals surface area contributed by atoms with Gasteiger partial charge in [0.25, 0.3) is 5.91 Å². The lowest BCUT2D eigenvalue weighted by atomic mass is 9.82. The first-order valence-corrected chi connectivity index (χ1v) is 29.4. The first kappa shape index (κ1) is 70.8. The van der Waals surface area contributed by atoms with Crippen molar-refractivity contribution in [3.8, 4) is 39.8 Å². The number of β-amino-alcohol motifs (C(OH)–C–C–N with tert-alkyl or cyclic N) is 1. The Balaban J connectivity index is 1.39. The highest BCUT2D eigenvalue weighted by molar-refractivity contribution is 7.81. The topological polar surface area (TPSA) is 558 Å². The fraction of sp³-hybridized carbons (Fsp3) is 0.482. The zero-order valence-electron chi connectivity index (χ0n) is 48.6. The number of aromatic nitrogens is 1. The van der Waals surface area contributed by atoms with Gasteiger partial charge in [0.05, 0.1) is 31.3 Å². The quantitative estimate of drug-likeness (QED) is 0.0102. The third kappa shape index (κ3) is 16.2. The minimum absolute atomic E-state index is 0.184. The molecule has 6 amide bonds. The number of aliphatic hydroxyl groups is 8. The molecular formula is C56H73N9O24S. The molecular weight excluding hydrogens is 1210 g/mol. The summed E-state index contributed by atoms with van der Waals surface area (Å²) in [6.45, 7) is 3.24. The van der Waals surface area contributed by atoms with E-state index in [4.69, 9.17) is 31.0 Å². The number of ether oxygens (including phenoxy) is 1. The van der Waals surface area contributed by atoms with Gasteiger partial charge >= 0.3 is 16.4 Å². The number of hydrogen-bond donors (Lipinski definition) is 17. The largest absolute Gasteiger partial charge is 0.504 e. The number of carbonyl (C=O) groups excluding carboxylic acids is 7. The lowest BCUT2D eigenvalue weighted by molar-refractivity contribution is -0.164. The number of nitrogens with two attached hydrogens (primary N) is 3. The van der Waals surface area contributed by atoms with Crippen LogP contribution in [0.4, 0.5) is 0 Å². The fourth-order valence-corrected chi connectivity index (χ4v) is 10.6. The van der Waals surface area contributed by atoms with Crippen LogP contribution >= 0.6 is 0 Å². The number of primary amides is 1. The smallest absolute Gasteiger partial charge is 0.446 e. The highest BCUT2D eigenvalue weighted by Gasteiger charge is 2.62. The summed E-state index contributed by atoms with van der Waals surface area (Å²) in [7, 11) is -5.27. The third-order valence-electron chi connectivity index (χ3n) is 15.2. The summed E-state index contributed by atoms with van der Waals surface area (Å²) in [6.07, 6.45) is -15.6. The number of likely N-dealkylation sites (tertiary alicyclic amines) is 2. The number of Topliss-reactive ketones (excluding diaryl/α,β-unsaturated/α-hetero) is 1. The lowest BCUT2D eigenvalue weighted by Gasteiger charge is -2.37. The van der Waals surface area contributed by atoms with E-state index in [1.807, 2.05) is 5.32 Å². The number of carboxylic acid groups (broad SMARTS) is 1. The van der Waals surface area contributed by atoms with Gasteiger partial charge in [-0.25, -0.2) is 4.79 Å². The van der Waals surface area contributed by atoms with Gasteiger partial charge in [-0.1, -0.05) is 55.3 Å². The van der Waals surface area contributed by atoms with Gasteiger partial charge in [0.15, 0.2) is 40.9 Å². The number of nitrogens with one attached hydrogen (secondary N) is 3. The molecule has 90 heavy (non-hydrogen) atoms. The van der Waals surface area contributed by atoms with Gasteiger partial charge in [0.1, 0.15) is 59.5 Å². The van der Waals surface area contributed by atoms with Gasteiger partial charge in [-0.05, 0) is 81.6 Å². The second-order valence-electron chi connectivity index (χ2n) is 21.9. The van der Waals surface area contributed by atoms with Gasteiger partial charge in [-0.2, -0.15) is 8.42 Å². The molecule has 0 aliphatic carbocycles. The van der Waals surface area contributed by atoms with Crippen molar-refractivity contribution in [3.05, 3.63) is 83.9 Å². The third-order valence-corrected chi connectivity index (χ3v) is 15.6. The number of aromatic hydroxyl groups is 1. The summed E-state index contributed by atoms with van der Waals surface area (Å²) < 4.78 is 47.6. The molecule has 20 N–H and O–H groups in total. The number of carbonyl (C=O) groups is 8. The number of rotatable bonds is 30. The maximum Gasteiger partial charge on any atom is 0.446 e. The average molecular weight is 1290 g/mol. The minimum Gasteiger partial charge on any atom is -0.504 e. The van der Waals surface area contributed by atoms with Crippen LogP contribution in [0.1, 0.15) is 87.7 Å². The highest BCUT2D eigenvalue weighted by Crippen LogP contribution is 2.37. The number of phenols is 1. The summed E-state index contributed by atoms with van der Waals surface area (Å²) in [5.74, 6) is -13.3. The van der Waals surface area contributed by atoms with Crippen LogP contribution in [-0.2, 0) is 44.0 Å². The number of aliphatic hydroxyl groups excluding tert-OH is 7. The number of unbranched alkanes of at least 4 members (excludes halogenated alkanes) is 2. The Morgan fingerprint density at radius 3 is 2.12 bits per heavy atom. The molecule has 2 saturated heterocycles. The number of carboxylic acids is 1. The van der Waals surface area contributed by atoms with Gasteiger partial charge in [0, 0.05) is 35.7 Å². The molecule has 34 heteroatoms. The summed E-state index contributed by atoms with van der Waals surface area (Å²) in [4.78, 5) is 114. The summed E-state index contributed by atoms with van der Waals surface area (Å²) in [5.41, 5.74) is 11.8. The van der Waals surface area contributed by atoms with Crippen LogP contribution in [-0.4, -0.2) is 224 Å². The highest BCUT2D eigenvalue weighted by atomic mass is 32.3. The molecule has 0 radical (unpaired) electrons. The van der Waals surface area contributed by atoms with Crippen LogP contribution in [0.5, 0.6) is 17.2 Å². The van der Waals surface area contributed by atoms with E-state index in [2.05, 4.69) is 26.9 Å². The number of benzene rings is 3. The van der Waals surface area contributed by atoms with Crippen molar-refractivity contribution in [2.24, 2.45) is 17.2 Å². The van der Waals surface area contributed by atoms with E-state index in [-0.39, 0.29) is 23.6 Å². The van der Waals surface area contributed by atoms with Crippen LogP contribution in [0, 0.1) is 0 Å². The number of phenolic OH excluding ortho intramolecular Hbond substituents is 1. The normalized spacial score (nSPS) is 22.2. The molecule has 492 valence electrons. The molecule has 6 rings (SSSR count). The monoisotopic (exact) mass is 1290 g/mol. The standard InChI is InChI=1S/C56H73N9O24S/c1-4-5-6-20-87-32-15-12-28(13-16-32)37-23-33(63-88-37)27-8-10-29(11-9-27)46(73)56(18-7-19-57,53(81)61-41(26(2)66)51(78)64-25-31(67)22-34(64)50(77)65-43(52(79)80)47(74)55(3,83)54(65)82)62-49(76)42(36(69)24-39(58)70)60-48(75)40(59)45(72)44(71)30-14-17-35(68)38(21-30)89-90(84,85)86/h8-17,21,23,26,31,34,36,40-45,47,54,66-69,71-72,74,82-83H,4-7,18-20,22,24-25,57,59H2,1-3H3,(H2,58,70)(H,60,75)(H,61,81)(H,62,76)(H,79,80)(H,84,85,86)/t26-,31?,34+,36?,40+,41+,42+,43+,44?,45+,47?,54?,55?,56-/m1/s1.